The Morgan fingerprint density at radius 1 is 1.43 bits per heavy atom. The van der Waals surface area contributed by atoms with Crippen molar-refractivity contribution in [2.45, 2.75) is 11.8 Å². The Labute approximate surface area is 80.5 Å². The first-order valence-electron chi connectivity index (χ1n) is 3.57. The molecule has 0 saturated heterocycles. The van der Waals surface area contributed by atoms with Crippen LogP contribution in [0.3, 0.4) is 0 Å². The standard InChI is InChI=1S/C7H7N2O4S/c1-5-2-3-6(9(10)11)4-7(5)14(8,12)13/h2-4H,1H3,(H-,8,12,13)/q-1. The fourth-order valence-electron chi connectivity index (χ4n) is 0.992. The van der Waals surface area contributed by atoms with Crippen LogP contribution in [0.4, 0.5) is 5.69 Å². The van der Waals surface area contributed by atoms with Crippen LogP contribution in [-0.2, 0) is 10.0 Å². The first kappa shape index (κ1) is 10.6. The van der Waals surface area contributed by atoms with Crippen LogP contribution in [0, 0.1) is 17.0 Å². The van der Waals surface area contributed by atoms with Gasteiger partial charge in [-0.2, -0.15) is 0 Å². The van der Waals surface area contributed by atoms with Crippen molar-refractivity contribution in [3.63, 3.8) is 0 Å². The summed E-state index contributed by atoms with van der Waals surface area (Å²) in [4.78, 5) is 9.31. The van der Waals surface area contributed by atoms with Crippen LogP contribution in [0.5, 0.6) is 0 Å². The first-order chi connectivity index (χ1) is 6.32. The molecule has 7 heteroatoms. The summed E-state index contributed by atoms with van der Waals surface area (Å²) in [5, 5.41) is 17.1. The molecule has 0 aliphatic heterocycles. The van der Waals surface area contributed by atoms with E-state index in [1.807, 2.05) is 0 Å². The Morgan fingerprint density at radius 2 is 2.00 bits per heavy atom. The molecule has 1 rings (SSSR count). The highest BCUT2D eigenvalue weighted by Crippen LogP contribution is 2.22. The van der Waals surface area contributed by atoms with E-state index in [2.05, 4.69) is 0 Å². The highest BCUT2D eigenvalue weighted by molar-refractivity contribution is 7.93. The number of non-ortho nitro benzene ring substituents is 1. The zero-order valence-electron chi connectivity index (χ0n) is 7.22. The second kappa shape index (κ2) is 3.35. The predicted octanol–water partition coefficient (Wildman–Crippen LogP) is 1.64. The van der Waals surface area contributed by atoms with Crippen LogP contribution < -0.4 is 0 Å². The highest BCUT2D eigenvalue weighted by atomic mass is 32.2. The molecule has 0 spiro atoms. The molecule has 0 aliphatic rings. The number of aryl methyl sites for hydroxylation is 1. The number of hydrogen-bond donors (Lipinski definition) is 0. The number of benzene rings is 1. The van der Waals surface area contributed by atoms with Gasteiger partial charge in [-0.1, -0.05) is 6.07 Å². The zero-order valence-corrected chi connectivity index (χ0v) is 8.04. The minimum absolute atomic E-state index is 0.325. The summed E-state index contributed by atoms with van der Waals surface area (Å²) in [5.74, 6) is 0. The summed E-state index contributed by atoms with van der Waals surface area (Å²) in [6.07, 6.45) is 0. The molecule has 0 amide bonds. The maximum absolute atomic E-state index is 10.9. The molecule has 14 heavy (non-hydrogen) atoms. The number of nitro benzene ring substituents is 1. The van der Waals surface area contributed by atoms with E-state index in [-0.39, 0.29) is 10.6 Å². The van der Waals surface area contributed by atoms with Gasteiger partial charge in [0.1, 0.15) is 0 Å². The van der Waals surface area contributed by atoms with E-state index >= 15 is 0 Å². The number of nitro groups is 1. The van der Waals surface area contributed by atoms with Gasteiger partial charge in [-0.3, -0.25) is 10.1 Å². The molecule has 0 unspecified atom stereocenters. The first-order valence-corrected chi connectivity index (χ1v) is 5.05. The molecule has 1 aromatic carbocycles. The molecule has 76 valence electrons. The molecule has 6 nitrogen and oxygen atoms in total. The summed E-state index contributed by atoms with van der Waals surface area (Å²) in [6.45, 7) is 1.48. The third kappa shape index (κ3) is 2.06. The van der Waals surface area contributed by atoms with Crippen molar-refractivity contribution in [3.05, 3.63) is 39.0 Å². The van der Waals surface area contributed by atoms with Crippen LogP contribution >= 0.6 is 0 Å². The second-order valence-corrected chi connectivity index (χ2v) is 4.16. The van der Waals surface area contributed by atoms with E-state index in [1.165, 1.54) is 19.1 Å². The van der Waals surface area contributed by atoms with Crippen molar-refractivity contribution in [1.29, 1.82) is 0 Å². The van der Waals surface area contributed by atoms with Gasteiger partial charge in [0, 0.05) is 12.1 Å². The monoisotopic (exact) mass is 215 g/mol. The van der Waals surface area contributed by atoms with Gasteiger partial charge in [0.2, 0.25) is 0 Å². The Kier molecular flexibility index (Phi) is 2.54. The number of nitrogens with zero attached hydrogens (tertiary/aromatic N) is 1. The number of nitrogens with one attached hydrogen (secondary N) is 1. The van der Waals surface area contributed by atoms with Gasteiger partial charge in [-0.25, -0.2) is 8.42 Å². The number of rotatable bonds is 2. The molecule has 0 aliphatic carbocycles. The Balaban J connectivity index is 3.44. The lowest BCUT2D eigenvalue weighted by Gasteiger charge is -2.07. The Bertz CT molecular complexity index is 480. The van der Waals surface area contributed by atoms with Crippen LogP contribution in [-0.4, -0.2) is 13.3 Å². The summed E-state index contributed by atoms with van der Waals surface area (Å²) >= 11 is 0. The fraction of sp³-hybridized carbons (Fsp3) is 0.143. The van der Waals surface area contributed by atoms with Gasteiger partial charge < -0.3 is 5.14 Å². The molecular formula is C7H7N2O4S-. The quantitative estimate of drug-likeness (QED) is 0.552. The van der Waals surface area contributed by atoms with Gasteiger partial charge in [0.05, 0.1) is 19.8 Å². The van der Waals surface area contributed by atoms with E-state index in [1.54, 1.807) is 0 Å². The van der Waals surface area contributed by atoms with E-state index in [9.17, 15) is 18.5 Å². The average molecular weight is 215 g/mol. The second-order valence-electron chi connectivity index (χ2n) is 2.71. The smallest absolute Gasteiger partial charge is 0.270 e. The lowest BCUT2D eigenvalue weighted by atomic mass is 10.2. The third-order valence-electron chi connectivity index (χ3n) is 1.67. The molecule has 0 radical (unpaired) electrons. The molecule has 1 N–H and O–H groups in total. The molecule has 1 aromatic rings. The van der Waals surface area contributed by atoms with Crippen molar-refractivity contribution in [2.75, 3.05) is 0 Å². The van der Waals surface area contributed by atoms with E-state index in [4.69, 9.17) is 5.14 Å². The number of hydrogen-bond acceptors (Lipinski definition) is 4. The van der Waals surface area contributed by atoms with Crippen LogP contribution in [0.2, 0.25) is 0 Å². The van der Waals surface area contributed by atoms with Crippen LogP contribution in [0.15, 0.2) is 23.1 Å². The Hall–Kier alpha value is -1.47. The topological polar surface area (TPSA) is 101 Å². The Morgan fingerprint density at radius 3 is 2.43 bits per heavy atom. The third-order valence-corrected chi connectivity index (χ3v) is 2.69. The molecule has 0 atom stereocenters. The van der Waals surface area contributed by atoms with Crippen molar-refractivity contribution in [1.82, 2.24) is 0 Å². The van der Waals surface area contributed by atoms with E-state index in [0.29, 0.717) is 5.56 Å². The van der Waals surface area contributed by atoms with Crippen molar-refractivity contribution in [3.8, 4) is 0 Å². The average Bonchev–Trinajstić information content (AvgIpc) is 2.02. The SMILES string of the molecule is Cc1ccc([N+](=O)[O-])cc1S([NH-])(=O)=O. The maximum atomic E-state index is 10.9. The lowest BCUT2D eigenvalue weighted by molar-refractivity contribution is -0.385. The van der Waals surface area contributed by atoms with Gasteiger partial charge in [-0.15, -0.1) is 0 Å². The minimum Gasteiger partial charge on any atom is -0.560 e. The molecule has 0 saturated carbocycles. The zero-order chi connectivity index (χ0) is 10.9. The molecular weight excluding hydrogens is 208 g/mol. The van der Waals surface area contributed by atoms with Crippen molar-refractivity contribution >= 4 is 15.7 Å². The van der Waals surface area contributed by atoms with Crippen LogP contribution in [0.25, 0.3) is 5.14 Å². The van der Waals surface area contributed by atoms with Crippen molar-refractivity contribution in [2.24, 2.45) is 0 Å². The molecule has 0 aromatic heterocycles. The van der Waals surface area contributed by atoms with Gasteiger partial charge in [0.15, 0.2) is 0 Å². The highest BCUT2D eigenvalue weighted by Gasteiger charge is 2.12. The summed E-state index contributed by atoms with van der Waals surface area (Å²) in [7, 11) is -4.14. The normalized spacial score (nSPS) is 11.3. The predicted molar refractivity (Wildman–Crippen MR) is 49.3 cm³/mol. The summed E-state index contributed by atoms with van der Waals surface area (Å²) in [5.41, 5.74) is -0.00738. The summed E-state index contributed by atoms with van der Waals surface area (Å²) in [6, 6.07) is 3.39. The van der Waals surface area contributed by atoms with Crippen LogP contribution in [0.1, 0.15) is 5.56 Å². The molecule has 0 fully saturated rings. The summed E-state index contributed by atoms with van der Waals surface area (Å²) < 4.78 is 21.7. The van der Waals surface area contributed by atoms with Crippen molar-refractivity contribution < 1.29 is 13.3 Å². The minimum atomic E-state index is -4.14. The molecule has 0 bridgehead atoms. The maximum Gasteiger partial charge on any atom is 0.270 e. The van der Waals surface area contributed by atoms with Gasteiger partial charge >= 0.3 is 0 Å². The van der Waals surface area contributed by atoms with Gasteiger partial charge in [-0.05, 0) is 12.5 Å². The molecule has 0 heterocycles. The van der Waals surface area contributed by atoms with E-state index < -0.39 is 14.9 Å². The fourth-order valence-corrected chi connectivity index (χ4v) is 1.76. The lowest BCUT2D eigenvalue weighted by Crippen LogP contribution is -1.98. The van der Waals surface area contributed by atoms with E-state index in [0.717, 1.165) is 6.07 Å². The van der Waals surface area contributed by atoms with Gasteiger partial charge in [0.25, 0.3) is 5.69 Å². The largest absolute Gasteiger partial charge is 0.560 e. The number of sulfonamides is 1.